The Kier molecular flexibility index (Phi) is 6.31. The lowest BCUT2D eigenvalue weighted by Gasteiger charge is -2.12. The predicted octanol–water partition coefficient (Wildman–Crippen LogP) is 11.4. The Labute approximate surface area is 279 Å². The Morgan fingerprint density at radius 2 is 1.19 bits per heavy atom. The van der Waals surface area contributed by atoms with E-state index in [1.54, 1.807) is 0 Å². The molecule has 0 saturated carbocycles. The number of hydrogen-bond acceptors (Lipinski definition) is 2. The summed E-state index contributed by atoms with van der Waals surface area (Å²) in [4.78, 5) is 7.98. The lowest BCUT2D eigenvalue weighted by molar-refractivity contribution is 1.17. The second-order valence-corrected chi connectivity index (χ2v) is 12.6. The zero-order chi connectivity index (χ0) is 31.5. The molecule has 0 spiro atoms. The minimum atomic E-state index is 0.631. The highest BCUT2D eigenvalue weighted by Crippen LogP contribution is 2.44. The first kappa shape index (κ1) is 27.4. The van der Waals surface area contributed by atoms with Gasteiger partial charge in [0.15, 0.2) is 0 Å². The van der Waals surface area contributed by atoms with Crippen molar-refractivity contribution in [3.63, 3.8) is 0 Å². The summed E-state index contributed by atoms with van der Waals surface area (Å²) in [5, 5.41) is 16.3. The van der Waals surface area contributed by atoms with Gasteiger partial charge in [0, 0.05) is 49.7 Å². The Balaban J connectivity index is 1.18. The minimum Gasteiger partial charge on any atom is -0.354 e. The standard InChI is InChI=1S/C42H25BrN4/c43-35-24-36-41(34-10-2-1-7-31(34)35)40(42(46-36)28-19-21-45-22-20-28)27-15-13-26(14-16-27)29-17-18-37(30(23-29)25-44)47-38-11-5-3-8-32(38)33-9-4-6-12-39(33)47/h1-24,46H. The minimum absolute atomic E-state index is 0.631. The van der Waals surface area contributed by atoms with Crippen molar-refractivity contribution in [1.29, 1.82) is 5.26 Å². The van der Waals surface area contributed by atoms with Gasteiger partial charge in [0.2, 0.25) is 0 Å². The second-order valence-electron chi connectivity index (χ2n) is 11.7. The molecule has 4 nitrogen and oxygen atoms in total. The third-order valence-corrected chi connectivity index (χ3v) is 9.82. The molecule has 9 aromatic rings. The van der Waals surface area contributed by atoms with Crippen molar-refractivity contribution in [2.75, 3.05) is 0 Å². The molecule has 3 heterocycles. The summed E-state index contributed by atoms with van der Waals surface area (Å²) in [5.74, 6) is 0. The lowest BCUT2D eigenvalue weighted by Crippen LogP contribution is -1.98. The third-order valence-electron chi connectivity index (χ3n) is 9.17. The summed E-state index contributed by atoms with van der Waals surface area (Å²) in [7, 11) is 0. The number of nitriles is 1. The monoisotopic (exact) mass is 664 g/mol. The molecule has 0 amide bonds. The number of nitrogens with one attached hydrogen (secondary N) is 1. The summed E-state index contributed by atoms with van der Waals surface area (Å²) in [6.45, 7) is 0. The number of benzene rings is 6. The maximum atomic E-state index is 10.4. The van der Waals surface area contributed by atoms with Gasteiger partial charge in [-0.1, -0.05) is 107 Å². The van der Waals surface area contributed by atoms with Gasteiger partial charge in [0.1, 0.15) is 6.07 Å². The molecule has 0 aliphatic carbocycles. The quantitative estimate of drug-likeness (QED) is 0.203. The van der Waals surface area contributed by atoms with E-state index >= 15 is 0 Å². The molecular formula is C42H25BrN4. The van der Waals surface area contributed by atoms with Crippen molar-refractivity contribution in [2.45, 2.75) is 0 Å². The van der Waals surface area contributed by atoms with Crippen LogP contribution in [0, 0.1) is 11.3 Å². The first-order valence-corrected chi connectivity index (χ1v) is 16.3. The molecule has 0 radical (unpaired) electrons. The van der Waals surface area contributed by atoms with Gasteiger partial charge in [-0.2, -0.15) is 5.26 Å². The van der Waals surface area contributed by atoms with Gasteiger partial charge < -0.3 is 9.55 Å². The molecule has 0 unspecified atom stereocenters. The number of aromatic amines is 1. The molecule has 0 bridgehead atoms. The van der Waals surface area contributed by atoms with E-state index in [-0.39, 0.29) is 0 Å². The molecule has 220 valence electrons. The first-order chi connectivity index (χ1) is 23.2. The third kappa shape index (κ3) is 4.30. The van der Waals surface area contributed by atoms with Crippen LogP contribution < -0.4 is 0 Å². The summed E-state index contributed by atoms with van der Waals surface area (Å²) in [6.07, 6.45) is 3.66. The molecule has 9 rings (SSSR count). The average Bonchev–Trinajstić information content (AvgIpc) is 3.68. The van der Waals surface area contributed by atoms with Crippen LogP contribution in [0.3, 0.4) is 0 Å². The van der Waals surface area contributed by atoms with Crippen LogP contribution in [0.4, 0.5) is 0 Å². The fourth-order valence-corrected chi connectivity index (χ4v) is 7.63. The van der Waals surface area contributed by atoms with Crippen molar-refractivity contribution in [2.24, 2.45) is 0 Å². The molecular weight excluding hydrogens is 640 g/mol. The zero-order valence-electron chi connectivity index (χ0n) is 25.1. The van der Waals surface area contributed by atoms with Gasteiger partial charge in [-0.05, 0) is 69.9 Å². The van der Waals surface area contributed by atoms with Gasteiger partial charge in [-0.3, -0.25) is 4.98 Å². The van der Waals surface area contributed by atoms with Crippen molar-refractivity contribution < 1.29 is 0 Å². The van der Waals surface area contributed by atoms with E-state index in [9.17, 15) is 5.26 Å². The molecule has 5 heteroatoms. The van der Waals surface area contributed by atoms with Crippen LogP contribution in [-0.4, -0.2) is 14.5 Å². The van der Waals surface area contributed by atoms with Crippen molar-refractivity contribution in [3.05, 3.63) is 156 Å². The molecule has 0 atom stereocenters. The maximum Gasteiger partial charge on any atom is 0.101 e. The molecule has 1 N–H and O–H groups in total. The topological polar surface area (TPSA) is 57.4 Å². The van der Waals surface area contributed by atoms with E-state index in [4.69, 9.17) is 0 Å². The largest absolute Gasteiger partial charge is 0.354 e. The number of H-pyrrole nitrogens is 1. The van der Waals surface area contributed by atoms with Crippen molar-refractivity contribution in [1.82, 2.24) is 14.5 Å². The Morgan fingerprint density at radius 3 is 1.87 bits per heavy atom. The average molecular weight is 666 g/mol. The molecule has 0 fully saturated rings. The smallest absolute Gasteiger partial charge is 0.101 e. The number of hydrogen-bond donors (Lipinski definition) is 1. The van der Waals surface area contributed by atoms with Gasteiger partial charge >= 0.3 is 0 Å². The Morgan fingerprint density at radius 1 is 0.596 bits per heavy atom. The molecule has 6 aromatic carbocycles. The van der Waals surface area contributed by atoms with Crippen LogP contribution >= 0.6 is 15.9 Å². The van der Waals surface area contributed by atoms with E-state index in [0.717, 1.165) is 60.2 Å². The zero-order valence-corrected chi connectivity index (χ0v) is 26.7. The lowest BCUT2D eigenvalue weighted by atomic mass is 9.94. The SMILES string of the molecule is N#Cc1cc(-c2ccc(-c3c(-c4ccncc4)[nH]c4cc(Br)c5ccccc5c34)cc2)ccc1-n1c2ccccc2c2ccccc21. The highest BCUT2D eigenvalue weighted by atomic mass is 79.9. The van der Waals surface area contributed by atoms with E-state index < -0.39 is 0 Å². The number of fused-ring (bicyclic) bond motifs is 6. The number of pyridine rings is 1. The van der Waals surface area contributed by atoms with Crippen molar-refractivity contribution >= 4 is 59.4 Å². The highest BCUT2D eigenvalue weighted by Gasteiger charge is 2.19. The van der Waals surface area contributed by atoms with Gasteiger partial charge in [-0.25, -0.2) is 0 Å². The van der Waals surface area contributed by atoms with E-state index in [0.29, 0.717) is 5.56 Å². The number of nitrogens with zero attached hydrogens (tertiary/aromatic N) is 3. The van der Waals surface area contributed by atoms with E-state index in [1.165, 1.54) is 26.9 Å². The number of halogens is 1. The van der Waals surface area contributed by atoms with Crippen LogP contribution in [0.15, 0.2) is 150 Å². The number of para-hydroxylation sites is 2. The molecule has 3 aromatic heterocycles. The van der Waals surface area contributed by atoms with Gasteiger partial charge in [0.05, 0.1) is 28.0 Å². The fraction of sp³-hybridized carbons (Fsp3) is 0. The van der Waals surface area contributed by atoms with Gasteiger partial charge in [0.25, 0.3) is 0 Å². The van der Waals surface area contributed by atoms with Crippen LogP contribution in [0.25, 0.3) is 82.7 Å². The Bertz CT molecular complexity index is 2640. The van der Waals surface area contributed by atoms with Crippen LogP contribution in [0.1, 0.15) is 5.56 Å². The second kappa shape index (κ2) is 10.8. The molecule has 47 heavy (non-hydrogen) atoms. The fourth-order valence-electron chi connectivity index (χ4n) is 7.06. The summed E-state index contributed by atoms with van der Waals surface area (Å²) >= 11 is 3.80. The molecule has 0 saturated heterocycles. The van der Waals surface area contributed by atoms with Crippen molar-refractivity contribution in [3.8, 4) is 45.3 Å². The van der Waals surface area contributed by atoms with Gasteiger partial charge in [-0.15, -0.1) is 0 Å². The molecule has 0 aliphatic heterocycles. The highest BCUT2D eigenvalue weighted by molar-refractivity contribution is 9.10. The van der Waals surface area contributed by atoms with Crippen LogP contribution in [0.2, 0.25) is 0 Å². The number of rotatable bonds is 4. The van der Waals surface area contributed by atoms with Crippen LogP contribution in [-0.2, 0) is 0 Å². The maximum absolute atomic E-state index is 10.4. The summed E-state index contributed by atoms with van der Waals surface area (Å²) in [5.41, 5.74) is 11.2. The van der Waals surface area contributed by atoms with Crippen LogP contribution in [0.5, 0.6) is 0 Å². The summed E-state index contributed by atoms with van der Waals surface area (Å²) in [6, 6.07) is 48.9. The Hall–Kier alpha value is -5.96. The number of aromatic nitrogens is 3. The van der Waals surface area contributed by atoms with E-state index in [2.05, 4.69) is 152 Å². The molecule has 0 aliphatic rings. The normalized spacial score (nSPS) is 11.5. The first-order valence-electron chi connectivity index (χ1n) is 15.5. The predicted molar refractivity (Wildman–Crippen MR) is 197 cm³/mol. The summed E-state index contributed by atoms with van der Waals surface area (Å²) < 4.78 is 3.26. The van der Waals surface area contributed by atoms with E-state index in [1.807, 2.05) is 30.6 Å².